The van der Waals surface area contributed by atoms with Crippen LogP contribution in [0.2, 0.25) is 0 Å². The van der Waals surface area contributed by atoms with Gasteiger partial charge < -0.3 is 13.9 Å². The van der Waals surface area contributed by atoms with E-state index in [1.807, 2.05) is 37.3 Å². The summed E-state index contributed by atoms with van der Waals surface area (Å²) in [5.74, 6) is 3.37. The number of ether oxygens (including phenoxy) is 2. The number of methoxy groups -OCH3 is 2. The molecule has 1 aromatic heterocycles. The molecule has 0 fully saturated rings. The third-order valence-electron chi connectivity index (χ3n) is 4.76. The molecule has 0 bridgehead atoms. The minimum atomic E-state index is 0. The van der Waals surface area contributed by atoms with E-state index >= 15 is 0 Å². The van der Waals surface area contributed by atoms with Gasteiger partial charge in [0.15, 0.2) is 0 Å². The molecule has 0 saturated carbocycles. The number of furan rings is 1. The zero-order valence-electron chi connectivity index (χ0n) is 15.9. The number of rotatable bonds is 4. The topological polar surface area (TPSA) is 31.6 Å². The predicted octanol–water partition coefficient (Wildman–Crippen LogP) is 6.12. The molecule has 0 amide bonds. The molecule has 3 nitrogen and oxygen atoms in total. The Morgan fingerprint density at radius 3 is 2.15 bits per heavy atom. The Balaban J connectivity index is 0.00000210. The third kappa shape index (κ3) is 3.64. The molecular weight excluding hydrogens is 415 g/mol. The van der Waals surface area contributed by atoms with Crippen LogP contribution in [0.15, 0.2) is 59.0 Å². The van der Waals surface area contributed by atoms with E-state index in [0.717, 1.165) is 34.1 Å². The second-order valence-electron chi connectivity index (χ2n) is 6.52. The zero-order valence-corrected chi connectivity index (χ0v) is 18.4. The van der Waals surface area contributed by atoms with Gasteiger partial charge in [0.2, 0.25) is 0 Å². The van der Waals surface area contributed by atoms with Crippen molar-refractivity contribution in [2.45, 2.75) is 13.8 Å². The van der Waals surface area contributed by atoms with Crippen molar-refractivity contribution in [3.63, 3.8) is 0 Å². The Labute approximate surface area is 178 Å². The number of hydrogen-bond donors (Lipinski definition) is 0. The van der Waals surface area contributed by atoms with Crippen molar-refractivity contribution in [2.24, 2.45) is 0 Å². The van der Waals surface area contributed by atoms with Gasteiger partial charge in [0, 0.05) is 32.3 Å². The van der Waals surface area contributed by atoms with Crippen LogP contribution in [0, 0.1) is 13.8 Å². The summed E-state index contributed by atoms with van der Waals surface area (Å²) in [6, 6.07) is 18.7. The van der Waals surface area contributed by atoms with Crippen molar-refractivity contribution in [2.75, 3.05) is 14.2 Å². The molecule has 0 saturated heterocycles. The Hall–Kier alpha value is -2.19. The molecule has 4 rings (SSSR count). The van der Waals surface area contributed by atoms with E-state index in [9.17, 15) is 0 Å². The number of hydrogen-bond acceptors (Lipinski definition) is 3. The summed E-state index contributed by atoms with van der Waals surface area (Å²) < 4.78 is 16.7. The Kier molecular flexibility index (Phi) is 5.67. The normalized spacial score (nSPS) is 10.7. The van der Waals surface area contributed by atoms with Crippen molar-refractivity contribution >= 4 is 10.8 Å². The predicted molar refractivity (Wildman–Crippen MR) is 105 cm³/mol. The smallest absolute Gasteiger partial charge is 0.123 e. The molecule has 0 aliphatic heterocycles. The summed E-state index contributed by atoms with van der Waals surface area (Å²) in [5.41, 5.74) is 4.57. The van der Waals surface area contributed by atoms with E-state index in [-0.39, 0.29) is 26.2 Å². The second kappa shape index (κ2) is 7.82. The molecule has 1 heterocycles. The molecule has 0 aliphatic rings. The molecule has 0 N–H and O–H groups in total. The molecule has 4 aromatic rings. The van der Waals surface area contributed by atoms with E-state index in [0.29, 0.717) is 0 Å². The van der Waals surface area contributed by atoms with Crippen molar-refractivity contribution in [1.82, 2.24) is 0 Å². The minimum absolute atomic E-state index is 0. The minimum Gasteiger partial charge on any atom is -0.497 e. The molecule has 3 aromatic carbocycles. The van der Waals surface area contributed by atoms with Crippen LogP contribution in [0.1, 0.15) is 11.3 Å². The van der Waals surface area contributed by atoms with Gasteiger partial charge in [-0.25, -0.2) is 0 Å². The molecular formula is C23H21O3Zr-. The van der Waals surface area contributed by atoms with Gasteiger partial charge in [-0.2, -0.15) is 0 Å². The number of benzene rings is 2. The van der Waals surface area contributed by atoms with E-state index in [4.69, 9.17) is 13.9 Å². The molecule has 27 heavy (non-hydrogen) atoms. The maximum Gasteiger partial charge on any atom is 0.123 e. The van der Waals surface area contributed by atoms with Crippen molar-refractivity contribution < 1.29 is 40.1 Å². The van der Waals surface area contributed by atoms with Crippen LogP contribution in [0.4, 0.5) is 0 Å². The molecule has 136 valence electrons. The summed E-state index contributed by atoms with van der Waals surface area (Å²) in [6.45, 7) is 4.09. The Morgan fingerprint density at radius 2 is 1.56 bits per heavy atom. The largest absolute Gasteiger partial charge is 0.497 e. The average molecular weight is 437 g/mol. The SMILES string of the molecule is COc1cc(OC)cc(-c2c(C)ccc3[cH-]c(-c4ccc(C)o4)cc23)c1.[Zr]. The van der Waals surface area contributed by atoms with Crippen LogP contribution in [-0.2, 0) is 26.2 Å². The van der Waals surface area contributed by atoms with Gasteiger partial charge in [-0.3, -0.25) is 0 Å². The monoisotopic (exact) mass is 435 g/mol. The summed E-state index contributed by atoms with van der Waals surface area (Å²) in [5, 5.41) is 2.39. The first-order valence-corrected chi connectivity index (χ1v) is 8.59. The fourth-order valence-corrected chi connectivity index (χ4v) is 3.46. The Morgan fingerprint density at radius 1 is 0.852 bits per heavy atom. The van der Waals surface area contributed by atoms with Crippen LogP contribution in [0.5, 0.6) is 11.5 Å². The number of fused-ring (bicyclic) bond motifs is 1. The molecule has 0 unspecified atom stereocenters. The van der Waals surface area contributed by atoms with Crippen molar-refractivity contribution in [1.29, 1.82) is 0 Å². The van der Waals surface area contributed by atoms with E-state index in [1.54, 1.807) is 14.2 Å². The van der Waals surface area contributed by atoms with Crippen LogP contribution < -0.4 is 9.47 Å². The fraction of sp³-hybridized carbons (Fsp3) is 0.174. The first-order chi connectivity index (χ1) is 12.6. The second-order valence-corrected chi connectivity index (χ2v) is 6.52. The van der Waals surface area contributed by atoms with Crippen LogP contribution >= 0.6 is 0 Å². The summed E-state index contributed by atoms with van der Waals surface area (Å²) in [6.07, 6.45) is 0. The van der Waals surface area contributed by atoms with Crippen LogP contribution in [0.25, 0.3) is 33.2 Å². The third-order valence-corrected chi connectivity index (χ3v) is 4.76. The first-order valence-electron chi connectivity index (χ1n) is 8.59. The maximum atomic E-state index is 5.81. The van der Waals surface area contributed by atoms with Gasteiger partial charge in [-0.1, -0.05) is 17.2 Å². The molecule has 0 spiro atoms. The molecule has 4 heteroatoms. The quantitative estimate of drug-likeness (QED) is 0.361. The zero-order chi connectivity index (χ0) is 18.3. The number of aryl methyl sites for hydroxylation is 2. The van der Waals surface area contributed by atoms with E-state index in [1.165, 1.54) is 21.9 Å². The Bertz CT molecular complexity index is 1070. The van der Waals surface area contributed by atoms with Gasteiger partial charge >= 0.3 is 0 Å². The molecule has 0 atom stereocenters. The summed E-state index contributed by atoms with van der Waals surface area (Å²) in [7, 11) is 3.34. The fourth-order valence-electron chi connectivity index (χ4n) is 3.46. The van der Waals surface area contributed by atoms with Gasteiger partial charge in [-0.15, -0.1) is 29.0 Å². The summed E-state index contributed by atoms with van der Waals surface area (Å²) >= 11 is 0. The van der Waals surface area contributed by atoms with Gasteiger partial charge in [0.1, 0.15) is 11.5 Å². The van der Waals surface area contributed by atoms with Crippen LogP contribution in [0.3, 0.4) is 0 Å². The average Bonchev–Trinajstić information content (AvgIpc) is 3.27. The van der Waals surface area contributed by atoms with Gasteiger partial charge in [-0.05, 0) is 49.2 Å². The summed E-state index contributed by atoms with van der Waals surface area (Å²) in [4.78, 5) is 0. The standard InChI is InChI=1S/C23H21O3.Zr/c1-14-5-7-16-9-17(22-8-6-15(2)26-22)12-21(16)23(14)18-10-19(24-3)13-20(11-18)25-4;/h5-13H,1-4H3;/q-1;. The van der Waals surface area contributed by atoms with Gasteiger partial charge in [0.25, 0.3) is 0 Å². The molecule has 0 aliphatic carbocycles. The van der Waals surface area contributed by atoms with Gasteiger partial charge in [0.05, 0.1) is 25.7 Å². The van der Waals surface area contributed by atoms with Crippen molar-refractivity contribution in [3.05, 3.63) is 65.9 Å². The van der Waals surface area contributed by atoms with Crippen molar-refractivity contribution in [3.8, 4) is 33.9 Å². The maximum absolute atomic E-state index is 5.81. The van der Waals surface area contributed by atoms with E-state index < -0.39 is 0 Å². The van der Waals surface area contributed by atoms with E-state index in [2.05, 4.69) is 31.2 Å². The first kappa shape index (κ1) is 19.6. The molecule has 0 radical (unpaired) electrons. The van der Waals surface area contributed by atoms with Crippen LogP contribution in [-0.4, -0.2) is 14.2 Å².